The molecule has 0 amide bonds. The predicted molar refractivity (Wildman–Crippen MR) is 146 cm³/mol. The molecule has 2 aliphatic heterocycles. The number of methoxy groups -OCH3 is 1. The summed E-state index contributed by atoms with van der Waals surface area (Å²) in [5.74, 6) is 1.79. The number of nitrogens with one attached hydrogen (secondary N) is 1. The van der Waals surface area contributed by atoms with E-state index in [9.17, 15) is 9.90 Å². The fourth-order valence-corrected chi connectivity index (χ4v) is 8.38. The summed E-state index contributed by atoms with van der Waals surface area (Å²) < 4.78 is 19.3. The highest BCUT2D eigenvalue weighted by molar-refractivity contribution is 5.76. The van der Waals surface area contributed by atoms with Crippen molar-refractivity contribution < 1.29 is 24.1 Å². The van der Waals surface area contributed by atoms with Crippen molar-refractivity contribution in [3.8, 4) is 11.5 Å². The highest BCUT2D eigenvalue weighted by atomic mass is 16.6. The predicted octanol–water partition coefficient (Wildman–Crippen LogP) is 4.33. The van der Waals surface area contributed by atoms with E-state index in [4.69, 9.17) is 14.2 Å². The first kappa shape index (κ1) is 26.4. The maximum Gasteiger partial charge on any atom is 0.323 e. The van der Waals surface area contributed by atoms with Gasteiger partial charge in [-0.05, 0) is 95.7 Å². The van der Waals surface area contributed by atoms with E-state index >= 15 is 0 Å². The van der Waals surface area contributed by atoms with Gasteiger partial charge >= 0.3 is 5.97 Å². The summed E-state index contributed by atoms with van der Waals surface area (Å²) >= 11 is 0. The molecule has 1 aromatic rings. The highest BCUT2D eigenvalue weighted by Crippen LogP contribution is 2.66. The van der Waals surface area contributed by atoms with Gasteiger partial charge in [-0.1, -0.05) is 19.9 Å². The molecule has 7 heteroatoms. The Kier molecular flexibility index (Phi) is 6.32. The van der Waals surface area contributed by atoms with Crippen LogP contribution in [0.1, 0.15) is 84.3 Å². The van der Waals surface area contributed by atoms with E-state index < -0.39 is 11.6 Å². The van der Waals surface area contributed by atoms with Gasteiger partial charge in [0, 0.05) is 31.3 Å². The van der Waals surface area contributed by atoms with E-state index in [2.05, 4.69) is 30.1 Å². The topological polar surface area (TPSA) is 80.3 Å². The van der Waals surface area contributed by atoms with E-state index in [1.807, 2.05) is 27.9 Å². The molecule has 2 bridgehead atoms. The number of benzene rings is 1. The Hall–Kier alpha value is -1.83. The smallest absolute Gasteiger partial charge is 0.323 e. The van der Waals surface area contributed by atoms with Crippen molar-refractivity contribution >= 4 is 5.97 Å². The summed E-state index contributed by atoms with van der Waals surface area (Å²) in [7, 11) is 1.88. The van der Waals surface area contributed by atoms with Crippen LogP contribution in [0.15, 0.2) is 12.1 Å². The quantitative estimate of drug-likeness (QED) is 0.488. The van der Waals surface area contributed by atoms with Gasteiger partial charge in [0.15, 0.2) is 11.5 Å². The van der Waals surface area contributed by atoms with Crippen LogP contribution in [0.5, 0.6) is 11.5 Å². The van der Waals surface area contributed by atoms with Crippen molar-refractivity contribution in [1.82, 2.24) is 10.2 Å². The number of nitrogens with zero attached hydrogens (tertiary/aromatic N) is 1. The normalized spacial score (nSPS) is 34.6. The zero-order valence-corrected chi connectivity index (χ0v) is 24.0. The van der Waals surface area contributed by atoms with Crippen molar-refractivity contribution in [3.05, 3.63) is 23.3 Å². The zero-order valence-electron chi connectivity index (χ0n) is 24.0. The third kappa shape index (κ3) is 3.98. The first-order valence-corrected chi connectivity index (χ1v) is 14.8. The molecule has 6 atom stereocenters. The van der Waals surface area contributed by atoms with Crippen LogP contribution in [-0.4, -0.2) is 71.6 Å². The van der Waals surface area contributed by atoms with Crippen LogP contribution in [0.4, 0.5) is 0 Å². The summed E-state index contributed by atoms with van der Waals surface area (Å²) in [5.41, 5.74) is 1.16. The Morgan fingerprint density at radius 2 is 2.00 bits per heavy atom. The summed E-state index contributed by atoms with van der Waals surface area (Å²) in [5, 5.41) is 14.7. The molecular formula is C31H46N2O5. The van der Waals surface area contributed by atoms with Gasteiger partial charge in [0.2, 0.25) is 0 Å². The van der Waals surface area contributed by atoms with Gasteiger partial charge < -0.3 is 19.3 Å². The summed E-state index contributed by atoms with van der Waals surface area (Å²) in [6, 6.07) is 3.72. The molecule has 2 heterocycles. The molecule has 1 saturated heterocycles. The van der Waals surface area contributed by atoms with Crippen molar-refractivity contribution in [1.29, 1.82) is 0 Å². The molecule has 3 unspecified atom stereocenters. The Balaban J connectivity index is 1.39. The number of hydrogen-bond donors (Lipinski definition) is 2. The monoisotopic (exact) mass is 526 g/mol. The molecule has 3 fully saturated rings. The molecule has 6 rings (SSSR count). The van der Waals surface area contributed by atoms with E-state index in [0.29, 0.717) is 18.1 Å². The standard InChI is InChI=1S/C31H46N2O5/c1-18(2)15-22(28(35)38-29(3,4)5)32-21-11-12-31(36-6)24-16-20-9-10-23(34)26-25(20)30(31,27(21)37-26)13-14-33(24)17-19-7-8-19/h9-10,18-19,21-22,24,27,32,34H,7-8,11-17H2,1-6H3/t21?,22?,24?,27-,30-,31+/m0/s1. The second-order valence-electron chi connectivity index (χ2n) is 14.0. The molecule has 2 N–H and O–H groups in total. The number of rotatable bonds is 8. The first-order chi connectivity index (χ1) is 18.0. The molecular weight excluding hydrogens is 480 g/mol. The number of phenolic OH excluding ortho intramolecular Hbond substituents is 1. The molecule has 1 spiro atoms. The van der Waals surface area contributed by atoms with Gasteiger partial charge in [0.1, 0.15) is 17.7 Å². The molecule has 210 valence electrons. The largest absolute Gasteiger partial charge is 0.504 e. The van der Waals surface area contributed by atoms with Gasteiger partial charge in [-0.25, -0.2) is 0 Å². The van der Waals surface area contributed by atoms with Crippen LogP contribution in [0.2, 0.25) is 0 Å². The molecule has 0 aromatic heterocycles. The van der Waals surface area contributed by atoms with Gasteiger partial charge in [0.25, 0.3) is 0 Å². The maximum absolute atomic E-state index is 13.3. The minimum atomic E-state index is -0.545. The van der Waals surface area contributed by atoms with Gasteiger partial charge in [0.05, 0.1) is 11.0 Å². The minimum Gasteiger partial charge on any atom is -0.504 e. The Bertz CT molecular complexity index is 1090. The summed E-state index contributed by atoms with van der Waals surface area (Å²) in [6.07, 6.45) is 6.73. The molecule has 2 saturated carbocycles. The van der Waals surface area contributed by atoms with E-state index in [1.54, 1.807) is 6.07 Å². The van der Waals surface area contributed by atoms with Crippen LogP contribution in [0.3, 0.4) is 0 Å². The van der Waals surface area contributed by atoms with Crippen molar-refractivity contribution in [2.45, 2.75) is 120 Å². The Labute approximate surface area is 227 Å². The molecule has 38 heavy (non-hydrogen) atoms. The molecule has 5 aliphatic rings. The highest BCUT2D eigenvalue weighted by Gasteiger charge is 2.74. The average Bonchev–Trinajstić information content (AvgIpc) is 3.58. The van der Waals surface area contributed by atoms with Gasteiger partial charge in [-0.3, -0.25) is 15.0 Å². The number of esters is 1. The number of carbonyl (C=O) groups is 1. The van der Waals surface area contributed by atoms with E-state index in [1.165, 1.54) is 18.4 Å². The summed E-state index contributed by atoms with van der Waals surface area (Å²) in [6.45, 7) is 12.2. The van der Waals surface area contributed by atoms with Crippen LogP contribution in [-0.2, 0) is 26.1 Å². The van der Waals surface area contributed by atoms with E-state index in [0.717, 1.165) is 50.3 Å². The second-order valence-corrected chi connectivity index (χ2v) is 14.0. The van der Waals surface area contributed by atoms with Crippen LogP contribution in [0.25, 0.3) is 0 Å². The number of hydrogen-bond acceptors (Lipinski definition) is 7. The number of piperidine rings is 1. The average molecular weight is 527 g/mol. The molecule has 7 nitrogen and oxygen atoms in total. The molecule has 3 aliphatic carbocycles. The van der Waals surface area contributed by atoms with Crippen molar-refractivity contribution in [2.24, 2.45) is 11.8 Å². The lowest BCUT2D eigenvalue weighted by atomic mass is 9.48. The number of aromatic hydroxyl groups is 1. The number of likely N-dealkylation sites (tertiary alicyclic amines) is 1. The number of phenols is 1. The Morgan fingerprint density at radius 1 is 1.24 bits per heavy atom. The van der Waals surface area contributed by atoms with Crippen LogP contribution < -0.4 is 10.1 Å². The first-order valence-electron chi connectivity index (χ1n) is 14.8. The third-order valence-corrected chi connectivity index (χ3v) is 9.90. The molecule has 1 aromatic carbocycles. The van der Waals surface area contributed by atoms with E-state index in [-0.39, 0.29) is 40.9 Å². The lowest BCUT2D eigenvalue weighted by Crippen LogP contribution is -2.79. The third-order valence-electron chi connectivity index (χ3n) is 9.90. The van der Waals surface area contributed by atoms with Gasteiger partial charge in [-0.2, -0.15) is 0 Å². The number of ether oxygens (including phenoxy) is 3. The lowest BCUT2D eigenvalue weighted by molar-refractivity contribution is -0.208. The fourth-order valence-electron chi connectivity index (χ4n) is 8.38. The van der Waals surface area contributed by atoms with Crippen molar-refractivity contribution in [2.75, 3.05) is 20.2 Å². The minimum absolute atomic E-state index is 0.0528. The van der Waals surface area contributed by atoms with Gasteiger partial charge in [-0.15, -0.1) is 0 Å². The lowest BCUT2D eigenvalue weighted by Gasteiger charge is -2.66. The SMILES string of the molecule is CO[C@@]12CCC(NC(CC(C)C)C(=O)OC(C)(C)C)[C@@H]3Oc4c(O)ccc5c4[C@@]31CCN(CC1CC1)C2C5. The van der Waals surface area contributed by atoms with Crippen molar-refractivity contribution in [3.63, 3.8) is 0 Å². The molecule has 0 radical (unpaired) electrons. The second kappa shape index (κ2) is 9.10. The maximum atomic E-state index is 13.3. The Morgan fingerprint density at radius 3 is 2.66 bits per heavy atom. The van der Waals surface area contributed by atoms with Crippen LogP contribution >= 0.6 is 0 Å². The zero-order chi connectivity index (χ0) is 27.0. The fraction of sp³-hybridized carbons (Fsp3) is 0.774. The summed E-state index contributed by atoms with van der Waals surface area (Å²) in [4.78, 5) is 16.1. The van der Waals surface area contributed by atoms with Crippen LogP contribution in [0, 0.1) is 11.8 Å². The number of carbonyl (C=O) groups excluding carboxylic acids is 1.